The van der Waals surface area contributed by atoms with Crippen LogP contribution in [0.1, 0.15) is 5.56 Å². The molecule has 2 aromatic carbocycles. The molecule has 5 nitrogen and oxygen atoms in total. The third-order valence-electron chi connectivity index (χ3n) is 3.91. The normalized spacial score (nSPS) is 16.1. The molecule has 0 radical (unpaired) electrons. The van der Waals surface area contributed by atoms with E-state index in [9.17, 15) is 16.8 Å². The molecule has 3 rings (SSSR count). The molecule has 1 aliphatic rings. The van der Waals surface area contributed by atoms with Crippen LogP contribution < -0.4 is 0 Å². The Balaban J connectivity index is 1.86. The van der Waals surface area contributed by atoms with Crippen LogP contribution in [0, 0.1) is 6.92 Å². The van der Waals surface area contributed by atoms with Crippen molar-refractivity contribution in [3.8, 4) is 0 Å². The van der Waals surface area contributed by atoms with E-state index in [2.05, 4.69) is 0 Å². The summed E-state index contributed by atoms with van der Waals surface area (Å²) in [5, 5.41) is 0. The third kappa shape index (κ3) is 3.02. The fourth-order valence-corrected chi connectivity index (χ4v) is 5.37. The predicted octanol–water partition coefficient (Wildman–Crippen LogP) is 2.36. The summed E-state index contributed by atoms with van der Waals surface area (Å²) < 4.78 is 51.7. The Kier molecular flexibility index (Phi) is 4.33. The average molecular weight is 363 g/mol. The number of aryl methyl sites for hydroxylation is 1. The van der Waals surface area contributed by atoms with Gasteiger partial charge >= 0.3 is 0 Å². The molecule has 0 saturated carbocycles. The van der Waals surface area contributed by atoms with Crippen molar-refractivity contribution in [3.63, 3.8) is 0 Å². The van der Waals surface area contributed by atoms with Crippen molar-refractivity contribution >= 4 is 19.9 Å². The smallest absolute Gasteiger partial charge is 0.219 e. The predicted molar refractivity (Wildman–Crippen MR) is 91.6 cm³/mol. The maximum atomic E-state index is 12.7. The molecule has 0 saturated heterocycles. The van der Waals surface area contributed by atoms with Crippen LogP contribution in [-0.4, -0.2) is 34.2 Å². The summed E-state index contributed by atoms with van der Waals surface area (Å²) in [7, 11) is -7.38. The molecule has 0 fully saturated rings. The van der Waals surface area contributed by atoms with E-state index in [4.69, 9.17) is 0 Å². The van der Waals surface area contributed by atoms with Crippen LogP contribution in [0.15, 0.2) is 75.4 Å². The standard InChI is InChI=1S/C17H17NO4S2/c1-14-7-9-16(10-8-14)24(21,22)18-12-11-17(13-18)23(19,20)15-5-3-2-4-6-15/h2-11H,12-13H2,1H3. The fraction of sp³-hybridized carbons (Fsp3) is 0.176. The summed E-state index contributed by atoms with van der Waals surface area (Å²) in [5.74, 6) is 0. The topological polar surface area (TPSA) is 71.5 Å². The van der Waals surface area contributed by atoms with E-state index in [1.807, 2.05) is 6.92 Å². The van der Waals surface area contributed by atoms with E-state index in [-0.39, 0.29) is 27.8 Å². The highest BCUT2D eigenvalue weighted by atomic mass is 32.2. The Hall–Kier alpha value is -1.96. The number of sulfonamides is 1. The van der Waals surface area contributed by atoms with E-state index < -0.39 is 19.9 Å². The zero-order chi connectivity index (χ0) is 17.4. The summed E-state index contributed by atoms with van der Waals surface area (Å²) in [5.41, 5.74) is 0.959. The van der Waals surface area contributed by atoms with Gasteiger partial charge in [-0.25, -0.2) is 16.8 Å². The van der Waals surface area contributed by atoms with Gasteiger partial charge in [0.1, 0.15) is 0 Å². The number of hydrogen-bond acceptors (Lipinski definition) is 4. The lowest BCUT2D eigenvalue weighted by Gasteiger charge is -2.16. The lowest BCUT2D eigenvalue weighted by molar-refractivity contribution is 0.486. The van der Waals surface area contributed by atoms with E-state index in [0.29, 0.717) is 0 Å². The first-order valence-corrected chi connectivity index (χ1v) is 10.3. The SMILES string of the molecule is Cc1ccc(S(=O)(=O)N2CC=C(S(=O)(=O)c3ccccc3)C2)cc1. The van der Waals surface area contributed by atoms with Crippen LogP contribution in [0.2, 0.25) is 0 Å². The van der Waals surface area contributed by atoms with Crippen LogP contribution in [0.25, 0.3) is 0 Å². The van der Waals surface area contributed by atoms with E-state index in [1.54, 1.807) is 30.3 Å². The number of sulfone groups is 1. The van der Waals surface area contributed by atoms with Gasteiger partial charge in [0.2, 0.25) is 19.9 Å². The second kappa shape index (κ2) is 6.16. The first kappa shape index (κ1) is 16.9. The zero-order valence-corrected chi connectivity index (χ0v) is 14.7. The molecule has 1 aliphatic heterocycles. The number of hydrogen-bond donors (Lipinski definition) is 0. The number of benzene rings is 2. The van der Waals surface area contributed by atoms with Gasteiger partial charge in [0.05, 0.1) is 21.2 Å². The largest absolute Gasteiger partial charge is 0.243 e. The summed E-state index contributed by atoms with van der Waals surface area (Å²) in [6, 6.07) is 14.5. The zero-order valence-electron chi connectivity index (χ0n) is 13.1. The maximum Gasteiger partial charge on any atom is 0.243 e. The highest BCUT2D eigenvalue weighted by Crippen LogP contribution is 2.27. The van der Waals surface area contributed by atoms with Gasteiger partial charge in [-0.3, -0.25) is 0 Å². The lowest BCUT2D eigenvalue weighted by Crippen LogP contribution is -2.30. The van der Waals surface area contributed by atoms with Crippen LogP contribution in [0.5, 0.6) is 0 Å². The van der Waals surface area contributed by atoms with Gasteiger partial charge < -0.3 is 0 Å². The van der Waals surface area contributed by atoms with Crippen molar-refractivity contribution in [2.24, 2.45) is 0 Å². The quantitative estimate of drug-likeness (QED) is 0.836. The molecule has 7 heteroatoms. The van der Waals surface area contributed by atoms with Crippen LogP contribution in [0.3, 0.4) is 0 Å². The van der Waals surface area contributed by atoms with E-state index in [1.165, 1.54) is 34.6 Å². The van der Waals surface area contributed by atoms with Crippen LogP contribution in [0.4, 0.5) is 0 Å². The first-order valence-electron chi connectivity index (χ1n) is 7.38. The lowest BCUT2D eigenvalue weighted by atomic mass is 10.2. The summed E-state index contributed by atoms with van der Waals surface area (Å²) in [6.07, 6.45) is 1.47. The van der Waals surface area contributed by atoms with Crippen LogP contribution in [-0.2, 0) is 19.9 Å². The maximum absolute atomic E-state index is 12.7. The minimum atomic E-state index is -3.71. The first-order chi connectivity index (χ1) is 11.3. The molecule has 2 aromatic rings. The molecule has 0 unspecified atom stereocenters. The van der Waals surface area contributed by atoms with Gasteiger partial charge in [0.15, 0.2) is 0 Å². The third-order valence-corrected chi connectivity index (χ3v) is 7.62. The average Bonchev–Trinajstić information content (AvgIpc) is 3.08. The molecular formula is C17H17NO4S2. The number of rotatable bonds is 4. The molecule has 0 aliphatic carbocycles. The van der Waals surface area contributed by atoms with Gasteiger partial charge in [-0.15, -0.1) is 0 Å². The molecule has 1 heterocycles. The second-order valence-corrected chi connectivity index (χ2v) is 9.54. The Morgan fingerprint density at radius 2 is 1.46 bits per heavy atom. The molecule has 0 atom stereocenters. The van der Waals surface area contributed by atoms with Crippen molar-refractivity contribution in [1.82, 2.24) is 4.31 Å². The Labute approximate surface area is 142 Å². The van der Waals surface area contributed by atoms with Crippen molar-refractivity contribution in [2.45, 2.75) is 16.7 Å². The van der Waals surface area contributed by atoms with Gasteiger partial charge in [0.25, 0.3) is 0 Å². The summed E-state index contributed by atoms with van der Waals surface area (Å²) in [6.45, 7) is 1.78. The van der Waals surface area contributed by atoms with Gasteiger partial charge in [-0.05, 0) is 31.2 Å². The molecule has 24 heavy (non-hydrogen) atoms. The number of nitrogens with zero attached hydrogens (tertiary/aromatic N) is 1. The van der Waals surface area contributed by atoms with Crippen LogP contribution >= 0.6 is 0 Å². The molecule has 126 valence electrons. The molecular weight excluding hydrogens is 346 g/mol. The Morgan fingerprint density at radius 1 is 0.833 bits per heavy atom. The van der Waals surface area contributed by atoms with Gasteiger partial charge in [-0.1, -0.05) is 42.0 Å². The minimum absolute atomic E-state index is 0.0532. The summed E-state index contributed by atoms with van der Waals surface area (Å²) >= 11 is 0. The van der Waals surface area contributed by atoms with E-state index >= 15 is 0 Å². The van der Waals surface area contributed by atoms with Gasteiger partial charge in [-0.2, -0.15) is 4.31 Å². The monoisotopic (exact) mass is 363 g/mol. The molecule has 0 aromatic heterocycles. The van der Waals surface area contributed by atoms with Gasteiger partial charge in [0, 0.05) is 6.54 Å². The fourth-order valence-electron chi connectivity index (χ4n) is 2.49. The molecule has 0 spiro atoms. The highest BCUT2D eigenvalue weighted by molar-refractivity contribution is 7.95. The molecule has 0 bridgehead atoms. The molecule has 0 N–H and O–H groups in total. The van der Waals surface area contributed by atoms with Crippen molar-refractivity contribution in [2.75, 3.05) is 13.1 Å². The van der Waals surface area contributed by atoms with Crippen molar-refractivity contribution in [1.29, 1.82) is 0 Å². The Bertz CT molecular complexity index is 977. The van der Waals surface area contributed by atoms with Crippen molar-refractivity contribution in [3.05, 3.63) is 71.1 Å². The Morgan fingerprint density at radius 3 is 2.08 bits per heavy atom. The minimum Gasteiger partial charge on any atom is -0.219 e. The van der Waals surface area contributed by atoms with E-state index in [0.717, 1.165) is 5.56 Å². The highest BCUT2D eigenvalue weighted by Gasteiger charge is 2.33. The summed E-state index contributed by atoms with van der Waals surface area (Å²) in [4.78, 5) is 0.454. The second-order valence-electron chi connectivity index (χ2n) is 5.60. The van der Waals surface area contributed by atoms with Crippen molar-refractivity contribution < 1.29 is 16.8 Å². The molecule has 0 amide bonds.